The van der Waals surface area contributed by atoms with Crippen molar-refractivity contribution in [1.82, 2.24) is 0 Å². The van der Waals surface area contributed by atoms with E-state index < -0.39 is 52.2 Å². The minimum atomic E-state index is -7.56. The monoisotopic (exact) mass is 441 g/mol. The van der Waals surface area contributed by atoms with E-state index in [-0.39, 0.29) is 6.92 Å². The predicted octanol–water partition coefficient (Wildman–Crippen LogP) is 3.23. The molecule has 1 atom stereocenters. The van der Waals surface area contributed by atoms with Gasteiger partial charge in [0.1, 0.15) is 6.61 Å². The average Bonchev–Trinajstić information content (AvgIpc) is 2.32. The number of ether oxygens (including phenoxy) is 2. The van der Waals surface area contributed by atoms with Crippen LogP contribution >= 0.6 is 0 Å². The Bertz CT molecular complexity index is 608. The van der Waals surface area contributed by atoms with Gasteiger partial charge in [0.25, 0.3) is 5.92 Å². The first-order valence-corrected chi connectivity index (χ1v) is 6.88. The molecule has 0 heterocycles. The quantitative estimate of drug-likeness (QED) is 0.427. The fourth-order valence-electron chi connectivity index (χ4n) is 0.974. The van der Waals surface area contributed by atoms with Gasteiger partial charge in [-0.15, -0.1) is 0 Å². The second-order valence-electron chi connectivity index (χ2n) is 4.56. The van der Waals surface area contributed by atoms with E-state index in [0.29, 0.717) is 0 Å². The Morgan fingerprint density at radius 3 is 1.46 bits per heavy atom. The van der Waals surface area contributed by atoms with E-state index in [1.54, 1.807) is 4.74 Å². The maximum atomic E-state index is 13.5. The number of halogens is 12. The summed E-state index contributed by atoms with van der Waals surface area (Å²) < 4.78 is 187. The standard InChI is InChI=1S/C8H6F12O5S/c1-3(9,10)2-24-6(15,16)4(11,5(12,13)14)25-7(17,18)8(19,20)26(21,22)23/h2H2,1H3,(H,21,22,23)/p-1. The van der Waals surface area contributed by atoms with Gasteiger partial charge in [-0.2, -0.15) is 43.9 Å². The minimum absolute atomic E-state index is 0.246. The van der Waals surface area contributed by atoms with E-state index in [1.807, 2.05) is 0 Å². The molecule has 0 amide bonds. The molecule has 0 aromatic heterocycles. The van der Waals surface area contributed by atoms with E-state index >= 15 is 0 Å². The van der Waals surface area contributed by atoms with E-state index in [9.17, 15) is 65.7 Å². The average molecular weight is 441 g/mol. The maximum absolute atomic E-state index is 13.5. The highest BCUT2D eigenvalue weighted by atomic mass is 32.2. The first-order chi connectivity index (χ1) is 10.9. The molecule has 0 radical (unpaired) electrons. The van der Waals surface area contributed by atoms with Crippen LogP contribution in [0.4, 0.5) is 52.7 Å². The third-order valence-electron chi connectivity index (χ3n) is 2.17. The smallest absolute Gasteiger partial charge is 0.458 e. The van der Waals surface area contributed by atoms with Crippen LogP contribution in [0.1, 0.15) is 6.92 Å². The predicted molar refractivity (Wildman–Crippen MR) is 52.1 cm³/mol. The highest BCUT2D eigenvalue weighted by Gasteiger charge is 2.80. The summed E-state index contributed by atoms with van der Waals surface area (Å²) in [4.78, 5) is 0. The van der Waals surface area contributed by atoms with Crippen LogP contribution in [0, 0.1) is 0 Å². The molecule has 0 fully saturated rings. The third-order valence-corrected chi connectivity index (χ3v) is 3.03. The zero-order valence-corrected chi connectivity index (χ0v) is 12.5. The largest absolute Gasteiger partial charge is 0.743 e. The van der Waals surface area contributed by atoms with Crippen molar-refractivity contribution in [3.63, 3.8) is 0 Å². The van der Waals surface area contributed by atoms with Gasteiger partial charge in [-0.3, -0.25) is 4.74 Å². The van der Waals surface area contributed by atoms with Gasteiger partial charge in [0.2, 0.25) is 0 Å². The fraction of sp³-hybridized carbons (Fsp3) is 1.00. The molecule has 0 saturated heterocycles. The first-order valence-electron chi connectivity index (χ1n) is 5.48. The normalized spacial score (nSPS) is 17.9. The lowest BCUT2D eigenvalue weighted by molar-refractivity contribution is -0.514. The molecule has 0 aromatic carbocycles. The lowest BCUT2D eigenvalue weighted by atomic mass is 10.2. The summed E-state index contributed by atoms with van der Waals surface area (Å²) >= 11 is 0. The summed E-state index contributed by atoms with van der Waals surface area (Å²) in [5.41, 5.74) is 0. The van der Waals surface area contributed by atoms with Crippen LogP contribution in [0.15, 0.2) is 0 Å². The molecule has 1 unspecified atom stereocenters. The highest BCUT2D eigenvalue weighted by Crippen LogP contribution is 2.52. The van der Waals surface area contributed by atoms with Crippen LogP contribution in [-0.4, -0.2) is 55.0 Å². The molecule has 0 N–H and O–H groups in total. The van der Waals surface area contributed by atoms with Crippen molar-refractivity contribution in [3.8, 4) is 0 Å². The zero-order valence-electron chi connectivity index (χ0n) is 11.7. The summed E-state index contributed by atoms with van der Waals surface area (Å²) in [6, 6.07) is 0. The van der Waals surface area contributed by atoms with Crippen molar-refractivity contribution in [2.75, 3.05) is 6.61 Å². The fourth-order valence-corrected chi connectivity index (χ4v) is 1.31. The molecule has 0 aliphatic rings. The molecule has 158 valence electrons. The molecule has 0 spiro atoms. The van der Waals surface area contributed by atoms with Crippen LogP contribution in [0.25, 0.3) is 0 Å². The highest BCUT2D eigenvalue weighted by molar-refractivity contribution is 7.86. The van der Waals surface area contributed by atoms with E-state index in [4.69, 9.17) is 0 Å². The van der Waals surface area contributed by atoms with Gasteiger partial charge in [0.15, 0.2) is 10.1 Å². The Kier molecular flexibility index (Phi) is 6.30. The van der Waals surface area contributed by atoms with Crippen molar-refractivity contribution in [3.05, 3.63) is 0 Å². The van der Waals surface area contributed by atoms with Crippen molar-refractivity contribution < 1.29 is 75.1 Å². The summed E-state index contributed by atoms with van der Waals surface area (Å²) in [6.07, 6.45) is -21.5. The Morgan fingerprint density at radius 2 is 1.19 bits per heavy atom. The Morgan fingerprint density at radius 1 is 0.808 bits per heavy atom. The van der Waals surface area contributed by atoms with Crippen molar-refractivity contribution >= 4 is 10.1 Å². The number of rotatable bonds is 8. The van der Waals surface area contributed by atoms with Gasteiger partial charge in [0.05, 0.1) is 0 Å². The SMILES string of the molecule is CC(F)(F)COC(F)(F)C(F)(OC(F)(F)C(F)(F)S(=O)(=O)[O-])C(F)(F)F. The van der Waals surface area contributed by atoms with Gasteiger partial charge in [0, 0.05) is 6.92 Å². The molecule has 0 aliphatic heterocycles. The molecule has 0 aromatic rings. The van der Waals surface area contributed by atoms with Gasteiger partial charge >= 0.3 is 29.5 Å². The molecule has 0 saturated carbocycles. The molecule has 0 aliphatic carbocycles. The third kappa shape index (κ3) is 4.83. The van der Waals surface area contributed by atoms with Gasteiger partial charge < -0.3 is 9.29 Å². The van der Waals surface area contributed by atoms with Crippen LogP contribution in [0.3, 0.4) is 0 Å². The second-order valence-corrected chi connectivity index (χ2v) is 5.98. The summed E-state index contributed by atoms with van der Waals surface area (Å²) in [5.74, 6) is -11.6. The number of alkyl halides is 12. The van der Waals surface area contributed by atoms with Gasteiger partial charge in [-0.1, -0.05) is 0 Å². The van der Waals surface area contributed by atoms with E-state index in [0.717, 1.165) is 0 Å². The second kappa shape index (κ2) is 6.55. The van der Waals surface area contributed by atoms with Crippen LogP contribution in [0.5, 0.6) is 0 Å². The van der Waals surface area contributed by atoms with Gasteiger partial charge in [-0.05, 0) is 0 Å². The van der Waals surface area contributed by atoms with E-state index in [2.05, 4.69) is 4.74 Å². The molecular weight excluding hydrogens is 436 g/mol. The van der Waals surface area contributed by atoms with Crippen LogP contribution in [-0.2, 0) is 19.6 Å². The molecular formula is C8H5F12O5S-. The Labute approximate surface area is 135 Å². The molecule has 5 nitrogen and oxygen atoms in total. The van der Waals surface area contributed by atoms with E-state index in [1.165, 1.54) is 0 Å². The molecule has 26 heavy (non-hydrogen) atoms. The minimum Gasteiger partial charge on any atom is -0.743 e. The van der Waals surface area contributed by atoms with Gasteiger partial charge in [-0.25, -0.2) is 17.2 Å². The lowest BCUT2D eigenvalue weighted by Gasteiger charge is -2.38. The first kappa shape index (κ1) is 25.0. The number of hydrogen-bond acceptors (Lipinski definition) is 5. The topological polar surface area (TPSA) is 75.7 Å². The van der Waals surface area contributed by atoms with Crippen LogP contribution in [0.2, 0.25) is 0 Å². The number of hydrogen-bond donors (Lipinski definition) is 0. The lowest BCUT2D eigenvalue weighted by Crippen LogP contribution is -2.64. The molecule has 18 heteroatoms. The maximum Gasteiger partial charge on any atom is 0.458 e. The Hall–Kier alpha value is -1.01. The Balaban J connectivity index is 6.14. The summed E-state index contributed by atoms with van der Waals surface area (Å²) in [6.45, 7) is -2.98. The van der Waals surface area contributed by atoms with Crippen LogP contribution < -0.4 is 0 Å². The van der Waals surface area contributed by atoms with Crippen molar-refractivity contribution in [2.24, 2.45) is 0 Å². The summed E-state index contributed by atoms with van der Waals surface area (Å²) in [7, 11) is -7.56. The van der Waals surface area contributed by atoms with Crippen molar-refractivity contribution in [2.45, 2.75) is 42.3 Å². The molecule has 0 bridgehead atoms. The molecule has 0 rings (SSSR count). The zero-order chi connectivity index (χ0) is 21.6. The summed E-state index contributed by atoms with van der Waals surface area (Å²) in [5, 5.41) is -7.16. The van der Waals surface area contributed by atoms with Crippen molar-refractivity contribution in [1.29, 1.82) is 0 Å².